The molecular weight excluding hydrogens is 276 g/mol. The lowest BCUT2D eigenvalue weighted by molar-refractivity contribution is -0.00673. The molecule has 0 radical (unpaired) electrons. The molecule has 0 aliphatic rings. The van der Waals surface area contributed by atoms with Gasteiger partial charge < -0.3 is 30.0 Å². The van der Waals surface area contributed by atoms with Gasteiger partial charge in [-0.05, 0) is 12.8 Å². The summed E-state index contributed by atoms with van der Waals surface area (Å²) >= 11 is 0. The zero-order valence-electron chi connectivity index (χ0n) is 12.8. The SMILES string of the molecule is C=CCNCCOC(=O)NCCCCOCC(O)COC. The molecule has 7 heteroatoms. The Labute approximate surface area is 126 Å². The Morgan fingerprint density at radius 2 is 2.10 bits per heavy atom. The number of amides is 1. The second kappa shape index (κ2) is 15.2. The summed E-state index contributed by atoms with van der Waals surface area (Å²) in [6, 6.07) is 0. The maximum absolute atomic E-state index is 11.3. The number of nitrogens with one attached hydrogen (secondary N) is 2. The van der Waals surface area contributed by atoms with Crippen molar-refractivity contribution in [1.29, 1.82) is 0 Å². The zero-order chi connectivity index (χ0) is 15.8. The predicted octanol–water partition coefficient (Wildman–Crippen LogP) is 0.292. The smallest absolute Gasteiger partial charge is 0.407 e. The third-order valence-electron chi connectivity index (χ3n) is 2.45. The van der Waals surface area contributed by atoms with E-state index < -0.39 is 12.2 Å². The van der Waals surface area contributed by atoms with Crippen LogP contribution >= 0.6 is 0 Å². The van der Waals surface area contributed by atoms with Crippen LogP contribution in [0.4, 0.5) is 4.79 Å². The van der Waals surface area contributed by atoms with E-state index in [2.05, 4.69) is 17.2 Å². The average Bonchev–Trinajstić information content (AvgIpc) is 2.46. The molecule has 0 saturated heterocycles. The standard InChI is InChI=1S/C14H28N2O5/c1-3-6-15-8-10-21-14(18)16-7-4-5-9-20-12-13(17)11-19-2/h3,13,15,17H,1,4-12H2,2H3,(H,16,18). The van der Waals surface area contributed by atoms with Crippen LogP contribution in [-0.2, 0) is 14.2 Å². The molecule has 0 heterocycles. The van der Waals surface area contributed by atoms with Gasteiger partial charge in [0.2, 0.25) is 0 Å². The number of ether oxygens (including phenoxy) is 3. The molecule has 0 aliphatic heterocycles. The van der Waals surface area contributed by atoms with E-state index >= 15 is 0 Å². The summed E-state index contributed by atoms with van der Waals surface area (Å²) in [6.45, 7) is 6.84. The monoisotopic (exact) mass is 304 g/mol. The van der Waals surface area contributed by atoms with Gasteiger partial charge in [0.15, 0.2) is 0 Å². The molecule has 0 aromatic carbocycles. The van der Waals surface area contributed by atoms with Crippen molar-refractivity contribution in [3.8, 4) is 0 Å². The number of unbranched alkanes of at least 4 members (excludes halogenated alkanes) is 1. The number of methoxy groups -OCH3 is 1. The maximum Gasteiger partial charge on any atom is 0.407 e. The van der Waals surface area contributed by atoms with Gasteiger partial charge in [0, 0.05) is 33.4 Å². The van der Waals surface area contributed by atoms with Gasteiger partial charge in [-0.1, -0.05) is 6.08 Å². The lowest BCUT2D eigenvalue weighted by Crippen LogP contribution is -2.29. The van der Waals surface area contributed by atoms with Crippen molar-refractivity contribution in [2.75, 3.05) is 53.2 Å². The molecule has 0 spiro atoms. The first-order valence-electron chi connectivity index (χ1n) is 7.17. The van der Waals surface area contributed by atoms with Gasteiger partial charge in [0.25, 0.3) is 0 Å². The summed E-state index contributed by atoms with van der Waals surface area (Å²) in [6.07, 6.45) is 2.35. The Morgan fingerprint density at radius 1 is 1.29 bits per heavy atom. The van der Waals surface area contributed by atoms with Gasteiger partial charge in [-0.15, -0.1) is 6.58 Å². The van der Waals surface area contributed by atoms with E-state index in [0.717, 1.165) is 12.8 Å². The Hall–Kier alpha value is -1.15. The molecule has 0 aliphatic carbocycles. The van der Waals surface area contributed by atoms with Crippen LogP contribution in [0.3, 0.4) is 0 Å². The lowest BCUT2D eigenvalue weighted by atomic mass is 10.3. The fourth-order valence-corrected chi connectivity index (χ4v) is 1.45. The van der Waals surface area contributed by atoms with E-state index in [1.165, 1.54) is 7.11 Å². The maximum atomic E-state index is 11.3. The number of alkyl carbamates (subject to hydrolysis) is 1. The lowest BCUT2D eigenvalue weighted by Gasteiger charge is -2.10. The fraction of sp³-hybridized carbons (Fsp3) is 0.786. The van der Waals surface area contributed by atoms with Crippen molar-refractivity contribution >= 4 is 6.09 Å². The summed E-state index contributed by atoms with van der Waals surface area (Å²) < 4.78 is 15.0. The van der Waals surface area contributed by atoms with E-state index in [-0.39, 0.29) is 13.2 Å². The van der Waals surface area contributed by atoms with Crippen LogP contribution in [0.25, 0.3) is 0 Å². The molecule has 1 unspecified atom stereocenters. The van der Waals surface area contributed by atoms with Crippen LogP contribution in [0.1, 0.15) is 12.8 Å². The van der Waals surface area contributed by atoms with E-state index in [1.54, 1.807) is 6.08 Å². The molecule has 1 atom stereocenters. The highest BCUT2D eigenvalue weighted by Gasteiger charge is 2.03. The van der Waals surface area contributed by atoms with E-state index in [1.807, 2.05) is 0 Å². The summed E-state index contributed by atoms with van der Waals surface area (Å²) in [4.78, 5) is 11.3. The Morgan fingerprint density at radius 3 is 2.81 bits per heavy atom. The van der Waals surface area contributed by atoms with Gasteiger partial charge >= 0.3 is 6.09 Å². The fourth-order valence-electron chi connectivity index (χ4n) is 1.45. The Kier molecular flexibility index (Phi) is 14.4. The number of carbonyl (C=O) groups is 1. The first kappa shape index (κ1) is 19.9. The number of aliphatic hydroxyl groups is 1. The zero-order valence-corrected chi connectivity index (χ0v) is 12.8. The second-order valence-electron chi connectivity index (χ2n) is 4.45. The summed E-state index contributed by atoms with van der Waals surface area (Å²) in [7, 11) is 1.53. The number of hydrogen-bond donors (Lipinski definition) is 3. The minimum atomic E-state index is -0.585. The minimum absolute atomic E-state index is 0.265. The molecule has 3 N–H and O–H groups in total. The quantitative estimate of drug-likeness (QED) is 0.316. The summed E-state index contributed by atoms with van der Waals surface area (Å²) in [5.41, 5.74) is 0. The van der Waals surface area contributed by atoms with E-state index in [0.29, 0.717) is 32.8 Å². The van der Waals surface area contributed by atoms with Crippen LogP contribution in [0.2, 0.25) is 0 Å². The van der Waals surface area contributed by atoms with Crippen molar-refractivity contribution in [1.82, 2.24) is 10.6 Å². The first-order valence-corrected chi connectivity index (χ1v) is 7.17. The van der Waals surface area contributed by atoms with Crippen LogP contribution in [0.5, 0.6) is 0 Å². The van der Waals surface area contributed by atoms with Gasteiger partial charge in [0.1, 0.15) is 12.7 Å². The van der Waals surface area contributed by atoms with Crippen molar-refractivity contribution in [2.45, 2.75) is 18.9 Å². The third-order valence-corrected chi connectivity index (χ3v) is 2.45. The molecule has 21 heavy (non-hydrogen) atoms. The van der Waals surface area contributed by atoms with Crippen molar-refractivity contribution < 1.29 is 24.1 Å². The second-order valence-corrected chi connectivity index (χ2v) is 4.45. The third kappa shape index (κ3) is 15.1. The largest absolute Gasteiger partial charge is 0.448 e. The van der Waals surface area contributed by atoms with Crippen molar-refractivity contribution in [3.05, 3.63) is 12.7 Å². The van der Waals surface area contributed by atoms with E-state index in [4.69, 9.17) is 14.2 Å². The van der Waals surface area contributed by atoms with Crippen LogP contribution in [0, 0.1) is 0 Å². The highest BCUT2D eigenvalue weighted by molar-refractivity contribution is 5.66. The molecule has 0 aromatic rings. The molecule has 0 saturated carbocycles. The highest BCUT2D eigenvalue weighted by atomic mass is 16.5. The van der Waals surface area contributed by atoms with Gasteiger partial charge in [-0.25, -0.2) is 4.79 Å². The molecule has 0 fully saturated rings. The minimum Gasteiger partial charge on any atom is -0.448 e. The predicted molar refractivity (Wildman–Crippen MR) is 80.4 cm³/mol. The number of rotatable bonds is 14. The number of aliphatic hydroxyl groups excluding tert-OH is 1. The van der Waals surface area contributed by atoms with Gasteiger partial charge in [-0.2, -0.15) is 0 Å². The molecule has 0 rings (SSSR count). The van der Waals surface area contributed by atoms with Gasteiger partial charge in [0.05, 0.1) is 13.2 Å². The summed E-state index contributed by atoms with van der Waals surface area (Å²) in [5, 5.41) is 15.0. The first-order chi connectivity index (χ1) is 10.2. The molecular formula is C14H28N2O5. The van der Waals surface area contributed by atoms with Crippen LogP contribution in [-0.4, -0.2) is 70.5 Å². The Bertz CT molecular complexity index is 264. The number of carbonyl (C=O) groups excluding carboxylic acids is 1. The number of hydrogen-bond acceptors (Lipinski definition) is 6. The molecule has 124 valence electrons. The molecule has 0 aromatic heterocycles. The Balaban J connectivity index is 3.23. The molecule has 1 amide bonds. The van der Waals surface area contributed by atoms with Crippen molar-refractivity contribution in [2.24, 2.45) is 0 Å². The normalized spacial score (nSPS) is 11.9. The summed E-state index contributed by atoms with van der Waals surface area (Å²) in [5.74, 6) is 0. The van der Waals surface area contributed by atoms with Crippen LogP contribution in [0.15, 0.2) is 12.7 Å². The van der Waals surface area contributed by atoms with Gasteiger partial charge in [-0.3, -0.25) is 0 Å². The molecule has 7 nitrogen and oxygen atoms in total. The van der Waals surface area contributed by atoms with Crippen LogP contribution < -0.4 is 10.6 Å². The van der Waals surface area contributed by atoms with Crippen molar-refractivity contribution in [3.63, 3.8) is 0 Å². The highest BCUT2D eigenvalue weighted by Crippen LogP contribution is 1.92. The molecule has 0 bridgehead atoms. The topological polar surface area (TPSA) is 89.1 Å². The average molecular weight is 304 g/mol. The van der Waals surface area contributed by atoms with E-state index in [9.17, 15) is 9.90 Å².